The molecule has 0 radical (unpaired) electrons. The van der Waals surface area contributed by atoms with Gasteiger partial charge in [-0.1, -0.05) is 105 Å². The zero-order valence-corrected chi connectivity index (χ0v) is 41.7. The van der Waals surface area contributed by atoms with Gasteiger partial charge < -0.3 is 35.0 Å². The van der Waals surface area contributed by atoms with Crippen LogP contribution in [0.15, 0.2) is 57.4 Å². The van der Waals surface area contributed by atoms with Crippen LogP contribution in [0.1, 0.15) is 136 Å². The van der Waals surface area contributed by atoms with Gasteiger partial charge in [-0.15, -0.1) is 0 Å². The molecule has 15 heteroatoms. The van der Waals surface area contributed by atoms with Crippen molar-refractivity contribution in [2.24, 2.45) is 23.5 Å². The van der Waals surface area contributed by atoms with Gasteiger partial charge in [0.1, 0.15) is 34.8 Å². The second-order valence-corrected chi connectivity index (χ2v) is 18.8. The third-order valence-electron chi connectivity index (χ3n) is 12.7. The standard InChI is InChI=1S/C26H38N2O3.C25H37N3O3.2CO2/c1-6-7-13-23-21(20-12-8-9-14-22(20)31-23)16-19-11-10-15-28(19)26(30)24(17(2)3)27-25(29)18(4)5;1-5-6-12-22-20(19-11-7-8-13-21(19)31-22)15-18-10-9-14-28(18)25(30)23(16(2)3)27-24(29)17(4)26;2*2-1-3/h8-9,12,14,17-19,24H,6-7,10-11,13,15-16H2,1-5H3,(H,27,29);7-8,11,13,16-18,23H,5-6,9-10,12,14-15,26H2,1-4H3,(H,27,29);;/t19-,24-;17-,18-,23-;;/m00../s1. The van der Waals surface area contributed by atoms with E-state index in [4.69, 9.17) is 33.7 Å². The Morgan fingerprint density at radius 3 is 1.34 bits per heavy atom. The summed E-state index contributed by atoms with van der Waals surface area (Å²) in [6, 6.07) is 15.0. The van der Waals surface area contributed by atoms with E-state index in [1.807, 2.05) is 81.7 Å². The van der Waals surface area contributed by atoms with Crippen LogP contribution < -0.4 is 16.4 Å². The summed E-state index contributed by atoms with van der Waals surface area (Å²) in [5, 5.41) is 8.18. The molecule has 0 aliphatic carbocycles. The molecule has 0 spiro atoms. The molecule has 6 rings (SSSR count). The van der Waals surface area contributed by atoms with Gasteiger partial charge >= 0.3 is 12.3 Å². The smallest absolute Gasteiger partial charge is 0.373 e. The van der Waals surface area contributed by atoms with Crippen molar-refractivity contribution in [1.29, 1.82) is 0 Å². The molecule has 372 valence electrons. The van der Waals surface area contributed by atoms with Gasteiger partial charge in [0.2, 0.25) is 23.6 Å². The van der Waals surface area contributed by atoms with Crippen molar-refractivity contribution in [2.75, 3.05) is 13.1 Å². The number of furan rings is 2. The molecule has 2 aliphatic rings. The van der Waals surface area contributed by atoms with E-state index < -0.39 is 18.1 Å². The first-order chi connectivity index (χ1) is 32.5. The van der Waals surface area contributed by atoms with E-state index in [0.29, 0.717) is 0 Å². The lowest BCUT2D eigenvalue weighted by molar-refractivity contribution is -0.193. The molecule has 4 heterocycles. The number of nitrogens with two attached hydrogens (primary N) is 1. The van der Waals surface area contributed by atoms with E-state index in [2.05, 4.69) is 42.7 Å². The van der Waals surface area contributed by atoms with Crippen molar-refractivity contribution in [2.45, 2.75) is 170 Å². The monoisotopic (exact) mass is 942 g/mol. The lowest BCUT2D eigenvalue weighted by Crippen LogP contribution is -2.55. The molecule has 2 fully saturated rings. The molecule has 2 saturated heterocycles. The van der Waals surface area contributed by atoms with Crippen LogP contribution in [0.2, 0.25) is 0 Å². The Labute approximate surface area is 401 Å². The number of unbranched alkanes of at least 4 members (excludes halogenated alkanes) is 2. The highest BCUT2D eigenvalue weighted by Crippen LogP contribution is 2.34. The maximum Gasteiger partial charge on any atom is 0.373 e. The van der Waals surface area contributed by atoms with Gasteiger partial charge in [-0.05, 0) is 82.3 Å². The van der Waals surface area contributed by atoms with E-state index >= 15 is 0 Å². The van der Waals surface area contributed by atoms with Crippen molar-refractivity contribution in [3.05, 3.63) is 71.2 Å². The number of nitrogens with zero attached hydrogens (tertiary/aromatic N) is 2. The second-order valence-electron chi connectivity index (χ2n) is 18.8. The number of nitrogens with one attached hydrogen (secondary N) is 2. The molecular formula is C53H75N5O10. The van der Waals surface area contributed by atoms with Gasteiger partial charge in [-0.25, -0.2) is 0 Å². The van der Waals surface area contributed by atoms with Crippen LogP contribution in [0.4, 0.5) is 0 Å². The molecule has 4 N–H and O–H groups in total. The van der Waals surface area contributed by atoms with Crippen molar-refractivity contribution in [3.63, 3.8) is 0 Å². The summed E-state index contributed by atoms with van der Waals surface area (Å²) in [5.41, 5.74) is 10.1. The SMILES string of the molecule is CCCCc1oc2ccccc2c1C[C@@H]1CCCN1C(=O)[C@@H](NC(=O)C(C)C)C(C)C.CCCCc1oc2ccccc2c1C[C@@H]1CCCN1C(=O)[C@@H](NC(=O)[C@H](C)N)C(C)C.O=C=O.O=C=O. The van der Waals surface area contributed by atoms with Crippen molar-refractivity contribution < 1.29 is 47.2 Å². The minimum absolute atomic E-state index is 0.00518. The number of benzene rings is 2. The molecule has 2 aromatic heterocycles. The lowest BCUT2D eigenvalue weighted by Gasteiger charge is -2.31. The van der Waals surface area contributed by atoms with Crippen LogP contribution >= 0.6 is 0 Å². The molecule has 15 nitrogen and oxygen atoms in total. The summed E-state index contributed by atoms with van der Waals surface area (Å²) in [5.74, 6) is 1.71. The average Bonchev–Trinajstić information content (AvgIpc) is 4.12. The van der Waals surface area contributed by atoms with Crippen molar-refractivity contribution in [3.8, 4) is 0 Å². The fraction of sp³-hybridized carbons (Fsp3) is 0.585. The highest BCUT2D eigenvalue weighted by molar-refractivity contribution is 5.91. The Kier molecular flexibility index (Phi) is 23.6. The molecule has 2 aromatic carbocycles. The molecular weight excluding hydrogens is 867 g/mol. The third-order valence-corrected chi connectivity index (χ3v) is 12.7. The summed E-state index contributed by atoms with van der Waals surface area (Å²) in [4.78, 5) is 87.9. The molecule has 0 saturated carbocycles. The van der Waals surface area contributed by atoms with Crippen LogP contribution in [0, 0.1) is 17.8 Å². The lowest BCUT2D eigenvalue weighted by atomic mass is 9.97. The molecule has 68 heavy (non-hydrogen) atoms. The van der Waals surface area contributed by atoms with E-state index in [0.717, 1.165) is 118 Å². The van der Waals surface area contributed by atoms with E-state index in [1.165, 1.54) is 16.5 Å². The largest absolute Gasteiger partial charge is 0.461 e. The summed E-state index contributed by atoms with van der Waals surface area (Å²) in [6.45, 7) is 19.1. The maximum atomic E-state index is 13.5. The number of amides is 4. The van der Waals surface area contributed by atoms with Gasteiger partial charge in [0.15, 0.2) is 0 Å². The predicted molar refractivity (Wildman–Crippen MR) is 259 cm³/mol. The maximum absolute atomic E-state index is 13.5. The normalized spacial score (nSPS) is 16.7. The molecule has 2 aliphatic heterocycles. The quantitative estimate of drug-likeness (QED) is 0.0876. The number of fused-ring (bicyclic) bond motifs is 2. The second kappa shape index (κ2) is 28.4. The van der Waals surface area contributed by atoms with Crippen LogP contribution in [-0.2, 0) is 64.0 Å². The minimum Gasteiger partial charge on any atom is -0.461 e. The van der Waals surface area contributed by atoms with E-state index in [9.17, 15) is 19.2 Å². The molecule has 0 unspecified atom stereocenters. The van der Waals surface area contributed by atoms with Gasteiger partial charge in [0.25, 0.3) is 0 Å². The summed E-state index contributed by atoms with van der Waals surface area (Å²) >= 11 is 0. The summed E-state index contributed by atoms with van der Waals surface area (Å²) < 4.78 is 12.4. The summed E-state index contributed by atoms with van der Waals surface area (Å²) in [6.07, 6.45) is 12.3. The van der Waals surface area contributed by atoms with Gasteiger partial charge in [0, 0.05) is 65.8 Å². The fourth-order valence-electron chi connectivity index (χ4n) is 8.96. The average molecular weight is 942 g/mol. The Bertz CT molecular complexity index is 2140. The Morgan fingerprint density at radius 2 is 1.00 bits per heavy atom. The molecule has 5 atom stereocenters. The van der Waals surface area contributed by atoms with E-state index in [1.54, 1.807) is 6.92 Å². The zero-order valence-electron chi connectivity index (χ0n) is 41.7. The Balaban J connectivity index is 0.000000323. The molecule has 4 amide bonds. The minimum atomic E-state index is -0.637. The van der Waals surface area contributed by atoms with Crippen LogP contribution in [-0.4, -0.2) is 89.0 Å². The number of carbonyl (C=O) groups is 4. The highest BCUT2D eigenvalue weighted by Gasteiger charge is 2.38. The zero-order chi connectivity index (χ0) is 50.5. The number of hydrogen-bond donors (Lipinski definition) is 3. The van der Waals surface area contributed by atoms with Crippen LogP contribution in [0.3, 0.4) is 0 Å². The number of hydrogen-bond acceptors (Lipinski definition) is 11. The number of rotatable bonds is 18. The van der Waals surface area contributed by atoms with Crippen molar-refractivity contribution in [1.82, 2.24) is 20.4 Å². The van der Waals surface area contributed by atoms with Gasteiger partial charge in [-0.3, -0.25) is 19.2 Å². The van der Waals surface area contributed by atoms with Gasteiger partial charge in [0.05, 0.1) is 6.04 Å². The molecule has 4 aromatic rings. The number of likely N-dealkylation sites (tertiary alicyclic amines) is 2. The third kappa shape index (κ3) is 15.6. The predicted octanol–water partition coefficient (Wildman–Crippen LogP) is 7.74. The Morgan fingerprint density at radius 1 is 0.632 bits per heavy atom. The first kappa shape index (κ1) is 56.4. The van der Waals surface area contributed by atoms with Crippen LogP contribution in [0.25, 0.3) is 21.9 Å². The van der Waals surface area contributed by atoms with Crippen molar-refractivity contribution >= 4 is 57.9 Å². The number of para-hydroxylation sites is 2. The topological polar surface area (TPSA) is 219 Å². The molecule has 0 bridgehead atoms. The fourth-order valence-corrected chi connectivity index (χ4v) is 8.96. The van der Waals surface area contributed by atoms with Crippen LogP contribution in [0.5, 0.6) is 0 Å². The number of aryl methyl sites for hydroxylation is 2. The highest BCUT2D eigenvalue weighted by atomic mass is 16.3. The first-order valence-corrected chi connectivity index (χ1v) is 24.4. The first-order valence-electron chi connectivity index (χ1n) is 24.4. The number of carbonyl (C=O) groups excluding carboxylic acids is 8. The van der Waals surface area contributed by atoms with Gasteiger partial charge in [-0.2, -0.15) is 19.2 Å². The van der Waals surface area contributed by atoms with E-state index in [-0.39, 0.29) is 65.8 Å². The summed E-state index contributed by atoms with van der Waals surface area (Å²) in [7, 11) is 0. The Hall–Kier alpha value is -5.88.